The normalized spacial score (nSPS) is 11.5. The largest absolute Gasteiger partial charge is 0.453 e. The van der Waals surface area contributed by atoms with Crippen LogP contribution < -0.4 is 16.4 Å². The molecule has 104 valence electrons. The highest BCUT2D eigenvalue weighted by molar-refractivity contribution is 5.95. The summed E-state index contributed by atoms with van der Waals surface area (Å²) in [4.78, 5) is 22.7. The van der Waals surface area contributed by atoms with E-state index in [0.29, 0.717) is 17.8 Å². The molecule has 0 aliphatic rings. The summed E-state index contributed by atoms with van der Waals surface area (Å²) >= 11 is 0. The molecule has 6 nitrogen and oxygen atoms in total. The SMILES string of the molecule is CCCC(N)C(=O)Nc1ccc(NC(=O)OC)cc1. The monoisotopic (exact) mass is 265 g/mol. The van der Waals surface area contributed by atoms with Crippen molar-refractivity contribution in [3.8, 4) is 0 Å². The molecule has 2 amide bonds. The Balaban J connectivity index is 2.57. The molecule has 6 heteroatoms. The second-order valence-electron chi connectivity index (χ2n) is 4.08. The summed E-state index contributed by atoms with van der Waals surface area (Å²) in [6.07, 6.45) is 0.964. The lowest BCUT2D eigenvalue weighted by molar-refractivity contribution is -0.117. The Morgan fingerprint density at radius 1 is 1.21 bits per heavy atom. The van der Waals surface area contributed by atoms with E-state index in [-0.39, 0.29) is 5.91 Å². The summed E-state index contributed by atoms with van der Waals surface area (Å²) in [7, 11) is 1.29. The molecule has 0 bridgehead atoms. The molecule has 19 heavy (non-hydrogen) atoms. The van der Waals surface area contributed by atoms with Crippen molar-refractivity contribution in [2.45, 2.75) is 25.8 Å². The first-order valence-corrected chi connectivity index (χ1v) is 6.08. The number of benzene rings is 1. The zero-order valence-corrected chi connectivity index (χ0v) is 11.1. The fraction of sp³-hybridized carbons (Fsp3) is 0.385. The summed E-state index contributed by atoms with van der Waals surface area (Å²) in [5.74, 6) is -0.212. The number of carbonyl (C=O) groups is 2. The van der Waals surface area contributed by atoms with Gasteiger partial charge in [-0.3, -0.25) is 10.1 Å². The predicted octanol–water partition coefficient (Wildman–Crippen LogP) is 1.93. The molecule has 0 fully saturated rings. The summed E-state index contributed by atoms with van der Waals surface area (Å²) in [6, 6.07) is 6.19. The lowest BCUT2D eigenvalue weighted by atomic mass is 10.1. The van der Waals surface area contributed by atoms with Crippen molar-refractivity contribution in [2.75, 3.05) is 17.7 Å². The number of nitrogens with two attached hydrogens (primary N) is 1. The van der Waals surface area contributed by atoms with Gasteiger partial charge in [-0.05, 0) is 30.7 Å². The first-order valence-electron chi connectivity index (χ1n) is 6.08. The molecule has 0 saturated carbocycles. The van der Waals surface area contributed by atoms with Gasteiger partial charge in [-0.15, -0.1) is 0 Å². The van der Waals surface area contributed by atoms with E-state index < -0.39 is 12.1 Å². The van der Waals surface area contributed by atoms with E-state index in [1.807, 2.05) is 6.92 Å². The fourth-order valence-electron chi connectivity index (χ4n) is 1.48. The molecule has 0 saturated heterocycles. The molecule has 0 heterocycles. The second-order valence-corrected chi connectivity index (χ2v) is 4.08. The number of rotatable bonds is 5. The van der Waals surface area contributed by atoms with Gasteiger partial charge in [0.1, 0.15) is 0 Å². The van der Waals surface area contributed by atoms with Gasteiger partial charge < -0.3 is 15.8 Å². The van der Waals surface area contributed by atoms with Crippen molar-refractivity contribution in [1.82, 2.24) is 0 Å². The van der Waals surface area contributed by atoms with Crippen LogP contribution in [0.15, 0.2) is 24.3 Å². The standard InChI is InChI=1S/C13H19N3O3/c1-3-4-11(14)12(17)15-9-5-7-10(8-6-9)16-13(18)19-2/h5-8,11H,3-4,14H2,1-2H3,(H,15,17)(H,16,18). The Labute approximate surface area is 112 Å². The molecule has 0 radical (unpaired) electrons. The number of methoxy groups -OCH3 is 1. The van der Waals surface area contributed by atoms with Gasteiger partial charge in [-0.25, -0.2) is 4.79 Å². The molecule has 1 atom stereocenters. The number of ether oxygens (including phenoxy) is 1. The Morgan fingerprint density at radius 3 is 2.21 bits per heavy atom. The molecule has 0 aliphatic carbocycles. The Kier molecular flexibility index (Phi) is 5.81. The van der Waals surface area contributed by atoms with Crippen molar-refractivity contribution >= 4 is 23.4 Å². The van der Waals surface area contributed by atoms with Gasteiger partial charge in [-0.2, -0.15) is 0 Å². The van der Waals surface area contributed by atoms with Crippen LogP contribution in [-0.2, 0) is 9.53 Å². The third-order valence-corrected chi connectivity index (χ3v) is 2.52. The van der Waals surface area contributed by atoms with Crippen LogP contribution in [-0.4, -0.2) is 25.2 Å². The van der Waals surface area contributed by atoms with E-state index in [1.165, 1.54) is 7.11 Å². The van der Waals surface area contributed by atoms with E-state index in [1.54, 1.807) is 24.3 Å². The quantitative estimate of drug-likeness (QED) is 0.758. The molecule has 1 aromatic rings. The lowest BCUT2D eigenvalue weighted by Gasteiger charge is -2.11. The fourth-order valence-corrected chi connectivity index (χ4v) is 1.48. The van der Waals surface area contributed by atoms with Gasteiger partial charge in [0.25, 0.3) is 0 Å². The van der Waals surface area contributed by atoms with E-state index in [2.05, 4.69) is 15.4 Å². The number of amides is 2. The van der Waals surface area contributed by atoms with Gasteiger partial charge in [0.15, 0.2) is 0 Å². The Bertz CT molecular complexity index is 431. The summed E-state index contributed by atoms with van der Waals surface area (Å²) < 4.78 is 4.47. The highest BCUT2D eigenvalue weighted by atomic mass is 16.5. The van der Waals surface area contributed by atoms with Gasteiger partial charge in [0.05, 0.1) is 13.2 Å². The van der Waals surface area contributed by atoms with Crippen LogP contribution in [0, 0.1) is 0 Å². The van der Waals surface area contributed by atoms with Crippen LogP contribution in [0.2, 0.25) is 0 Å². The van der Waals surface area contributed by atoms with Crippen LogP contribution in [0.4, 0.5) is 16.2 Å². The Hall–Kier alpha value is -2.08. The van der Waals surface area contributed by atoms with E-state index in [0.717, 1.165) is 6.42 Å². The topological polar surface area (TPSA) is 93.5 Å². The highest BCUT2D eigenvalue weighted by Crippen LogP contribution is 2.14. The number of nitrogens with one attached hydrogen (secondary N) is 2. The summed E-state index contributed by atoms with van der Waals surface area (Å²) in [5, 5.41) is 5.23. The van der Waals surface area contributed by atoms with Crippen molar-refractivity contribution in [3.05, 3.63) is 24.3 Å². The third-order valence-electron chi connectivity index (χ3n) is 2.52. The smallest absolute Gasteiger partial charge is 0.411 e. The molecule has 0 aromatic heterocycles. The first-order chi connectivity index (χ1) is 9.06. The molecular weight excluding hydrogens is 246 g/mol. The van der Waals surface area contributed by atoms with Crippen LogP contribution in [0.5, 0.6) is 0 Å². The van der Waals surface area contributed by atoms with Gasteiger partial charge in [0.2, 0.25) is 5.91 Å². The second kappa shape index (κ2) is 7.38. The van der Waals surface area contributed by atoms with Crippen LogP contribution >= 0.6 is 0 Å². The molecule has 1 rings (SSSR count). The van der Waals surface area contributed by atoms with Crippen LogP contribution in [0.25, 0.3) is 0 Å². The van der Waals surface area contributed by atoms with E-state index >= 15 is 0 Å². The average molecular weight is 265 g/mol. The molecule has 0 spiro atoms. The number of hydrogen-bond acceptors (Lipinski definition) is 4. The predicted molar refractivity (Wildman–Crippen MR) is 74.0 cm³/mol. The van der Waals surface area contributed by atoms with Gasteiger partial charge >= 0.3 is 6.09 Å². The van der Waals surface area contributed by atoms with Gasteiger partial charge in [0, 0.05) is 11.4 Å². The number of hydrogen-bond donors (Lipinski definition) is 3. The van der Waals surface area contributed by atoms with E-state index in [9.17, 15) is 9.59 Å². The van der Waals surface area contributed by atoms with Crippen molar-refractivity contribution in [2.24, 2.45) is 5.73 Å². The molecule has 1 unspecified atom stereocenters. The van der Waals surface area contributed by atoms with Gasteiger partial charge in [-0.1, -0.05) is 13.3 Å². The zero-order chi connectivity index (χ0) is 14.3. The lowest BCUT2D eigenvalue weighted by Crippen LogP contribution is -2.35. The minimum atomic E-state index is -0.540. The van der Waals surface area contributed by atoms with Crippen molar-refractivity contribution < 1.29 is 14.3 Å². The molecule has 4 N–H and O–H groups in total. The zero-order valence-electron chi connectivity index (χ0n) is 11.1. The molecule has 0 aliphatic heterocycles. The van der Waals surface area contributed by atoms with E-state index in [4.69, 9.17) is 5.73 Å². The Morgan fingerprint density at radius 2 is 1.74 bits per heavy atom. The van der Waals surface area contributed by atoms with Crippen LogP contribution in [0.3, 0.4) is 0 Å². The molecular formula is C13H19N3O3. The maximum atomic E-state index is 11.7. The molecule has 1 aromatic carbocycles. The first kappa shape index (κ1) is 15.0. The number of anilines is 2. The highest BCUT2D eigenvalue weighted by Gasteiger charge is 2.12. The van der Waals surface area contributed by atoms with Crippen LogP contribution in [0.1, 0.15) is 19.8 Å². The van der Waals surface area contributed by atoms with Crippen molar-refractivity contribution in [1.29, 1.82) is 0 Å². The van der Waals surface area contributed by atoms with Crippen molar-refractivity contribution in [3.63, 3.8) is 0 Å². The third kappa shape index (κ3) is 4.97. The average Bonchev–Trinajstić information content (AvgIpc) is 2.41. The maximum Gasteiger partial charge on any atom is 0.411 e. The summed E-state index contributed by atoms with van der Waals surface area (Å²) in [6.45, 7) is 1.97. The minimum absolute atomic E-state index is 0.212. The number of carbonyl (C=O) groups excluding carboxylic acids is 2. The minimum Gasteiger partial charge on any atom is -0.453 e. The summed E-state index contributed by atoms with van der Waals surface area (Å²) in [5.41, 5.74) is 6.92. The maximum absolute atomic E-state index is 11.7.